The summed E-state index contributed by atoms with van der Waals surface area (Å²) in [6.07, 6.45) is 4.21. The maximum Gasteiger partial charge on any atom is 0.253 e. The summed E-state index contributed by atoms with van der Waals surface area (Å²) < 4.78 is 8.38. The summed E-state index contributed by atoms with van der Waals surface area (Å²) in [7, 11) is 2.06. The number of anilines is 1. The third kappa shape index (κ3) is 2.89. The topological polar surface area (TPSA) is 59.4 Å². The van der Waals surface area contributed by atoms with Crippen molar-refractivity contribution in [2.24, 2.45) is 7.05 Å². The first-order chi connectivity index (χ1) is 13.6. The smallest absolute Gasteiger partial charge is 0.253 e. The number of rotatable bonds is 3. The Morgan fingerprint density at radius 3 is 2.82 bits per heavy atom. The maximum atomic E-state index is 11.8. The summed E-state index contributed by atoms with van der Waals surface area (Å²) in [6, 6.07) is 10.4. The second kappa shape index (κ2) is 6.55. The number of carbonyl (C=O) groups excluding carboxylic acids is 1. The minimum absolute atomic E-state index is 0.0142. The fourth-order valence-electron chi connectivity index (χ4n) is 4.26. The Morgan fingerprint density at radius 1 is 1.18 bits per heavy atom. The van der Waals surface area contributed by atoms with Crippen LogP contribution in [0.2, 0.25) is 0 Å². The first kappa shape index (κ1) is 17.1. The Kier molecular flexibility index (Phi) is 4.00. The molecule has 5 rings (SSSR count). The van der Waals surface area contributed by atoms with Crippen LogP contribution < -0.4 is 15.0 Å². The van der Waals surface area contributed by atoms with Gasteiger partial charge in [-0.3, -0.25) is 4.79 Å². The average Bonchev–Trinajstić information content (AvgIpc) is 3.25. The molecule has 0 saturated carbocycles. The van der Waals surface area contributed by atoms with E-state index in [2.05, 4.69) is 52.3 Å². The molecule has 1 N–H and O–H groups in total. The van der Waals surface area contributed by atoms with E-state index in [1.54, 1.807) is 0 Å². The quantitative estimate of drug-likeness (QED) is 0.763. The fraction of sp³-hybridized carbons (Fsp3) is 0.364. The van der Waals surface area contributed by atoms with Gasteiger partial charge in [0.05, 0.1) is 17.8 Å². The highest BCUT2D eigenvalue weighted by atomic mass is 16.5. The number of ether oxygens (including phenoxy) is 1. The van der Waals surface area contributed by atoms with E-state index < -0.39 is 0 Å². The Hall–Kier alpha value is -3.02. The largest absolute Gasteiger partial charge is 0.490 e. The van der Waals surface area contributed by atoms with E-state index in [0.717, 1.165) is 54.3 Å². The Labute approximate surface area is 164 Å². The lowest BCUT2D eigenvalue weighted by Crippen LogP contribution is -2.39. The van der Waals surface area contributed by atoms with Gasteiger partial charge in [0.25, 0.3) is 5.91 Å². The van der Waals surface area contributed by atoms with Crippen LogP contribution in [0.3, 0.4) is 0 Å². The second-order valence-corrected chi connectivity index (χ2v) is 7.76. The molecule has 1 saturated heterocycles. The number of hydrogen-bond acceptors (Lipinski definition) is 4. The van der Waals surface area contributed by atoms with E-state index in [4.69, 9.17) is 9.72 Å². The van der Waals surface area contributed by atoms with Crippen molar-refractivity contribution >= 4 is 22.6 Å². The van der Waals surface area contributed by atoms with Crippen molar-refractivity contribution in [1.82, 2.24) is 14.9 Å². The Bertz CT molecular complexity index is 1060. The molecule has 2 aromatic heterocycles. The molecule has 28 heavy (non-hydrogen) atoms. The van der Waals surface area contributed by atoms with Gasteiger partial charge in [-0.2, -0.15) is 0 Å². The van der Waals surface area contributed by atoms with Gasteiger partial charge in [-0.15, -0.1) is 0 Å². The zero-order valence-corrected chi connectivity index (χ0v) is 16.2. The predicted molar refractivity (Wildman–Crippen MR) is 109 cm³/mol. The summed E-state index contributed by atoms with van der Waals surface area (Å²) in [5.74, 6) is 1.92. The SMILES string of the molecule is Cc1cc2c(nc1N1CCC(Oc3ccc4c(ccn4C)c3)CC1)CNC2=O. The van der Waals surface area contributed by atoms with E-state index in [1.807, 2.05) is 13.0 Å². The zero-order chi connectivity index (χ0) is 19.3. The molecule has 6 heteroatoms. The molecule has 0 atom stereocenters. The number of carbonyl (C=O) groups is 1. The highest BCUT2D eigenvalue weighted by Gasteiger charge is 2.26. The van der Waals surface area contributed by atoms with Crippen LogP contribution in [0.4, 0.5) is 5.82 Å². The molecule has 3 aromatic rings. The number of amides is 1. The fourth-order valence-corrected chi connectivity index (χ4v) is 4.26. The summed E-state index contributed by atoms with van der Waals surface area (Å²) in [4.78, 5) is 18.9. The number of pyridine rings is 1. The van der Waals surface area contributed by atoms with Gasteiger partial charge in [0.15, 0.2) is 0 Å². The minimum Gasteiger partial charge on any atom is -0.490 e. The summed E-state index contributed by atoms with van der Waals surface area (Å²) >= 11 is 0. The van der Waals surface area contributed by atoms with Crippen molar-refractivity contribution in [2.45, 2.75) is 32.4 Å². The first-order valence-corrected chi connectivity index (χ1v) is 9.84. The predicted octanol–water partition coefficient (Wildman–Crippen LogP) is 3.17. The number of aromatic nitrogens is 2. The first-order valence-electron chi connectivity index (χ1n) is 9.84. The van der Waals surface area contributed by atoms with Crippen molar-refractivity contribution in [2.75, 3.05) is 18.0 Å². The molecule has 4 heterocycles. The minimum atomic E-state index is -0.0142. The number of nitrogens with one attached hydrogen (secondary N) is 1. The summed E-state index contributed by atoms with van der Waals surface area (Å²) in [5, 5.41) is 4.06. The van der Waals surface area contributed by atoms with Gasteiger partial charge in [-0.25, -0.2) is 4.98 Å². The molecular weight excluding hydrogens is 352 g/mol. The number of nitrogens with zero attached hydrogens (tertiary/aromatic N) is 3. The molecule has 1 fully saturated rings. The lowest BCUT2D eigenvalue weighted by molar-refractivity contribution is 0.0965. The van der Waals surface area contributed by atoms with E-state index >= 15 is 0 Å². The zero-order valence-electron chi connectivity index (χ0n) is 16.2. The normalized spacial score (nSPS) is 17.1. The van der Waals surface area contributed by atoms with Crippen molar-refractivity contribution in [3.8, 4) is 5.75 Å². The molecule has 2 aliphatic heterocycles. The van der Waals surface area contributed by atoms with E-state index in [9.17, 15) is 4.79 Å². The van der Waals surface area contributed by atoms with Crippen LogP contribution in [0, 0.1) is 6.92 Å². The van der Waals surface area contributed by atoms with E-state index in [0.29, 0.717) is 6.54 Å². The molecule has 0 unspecified atom stereocenters. The molecule has 0 bridgehead atoms. The molecule has 0 spiro atoms. The van der Waals surface area contributed by atoms with Crippen LogP contribution in [-0.2, 0) is 13.6 Å². The third-order valence-corrected chi connectivity index (χ3v) is 5.83. The van der Waals surface area contributed by atoms with Crippen molar-refractivity contribution in [3.05, 3.63) is 53.3 Å². The van der Waals surface area contributed by atoms with Gasteiger partial charge >= 0.3 is 0 Å². The van der Waals surface area contributed by atoms with E-state index in [-0.39, 0.29) is 12.0 Å². The number of benzene rings is 1. The molecule has 0 aliphatic carbocycles. The maximum absolute atomic E-state index is 11.8. The number of aryl methyl sites for hydroxylation is 2. The van der Waals surface area contributed by atoms with Crippen molar-refractivity contribution < 1.29 is 9.53 Å². The van der Waals surface area contributed by atoms with Crippen LogP contribution in [0.5, 0.6) is 5.75 Å². The molecular formula is C22H24N4O2. The van der Waals surface area contributed by atoms with Crippen LogP contribution in [0.25, 0.3) is 10.9 Å². The average molecular weight is 376 g/mol. The van der Waals surface area contributed by atoms with Crippen LogP contribution >= 0.6 is 0 Å². The Balaban J connectivity index is 1.27. The highest BCUT2D eigenvalue weighted by molar-refractivity contribution is 5.98. The molecule has 144 valence electrons. The molecule has 0 radical (unpaired) electrons. The second-order valence-electron chi connectivity index (χ2n) is 7.76. The molecule has 1 aromatic carbocycles. The Morgan fingerprint density at radius 2 is 2.00 bits per heavy atom. The summed E-state index contributed by atoms with van der Waals surface area (Å²) in [5.41, 5.74) is 3.86. The third-order valence-electron chi connectivity index (χ3n) is 5.83. The van der Waals surface area contributed by atoms with Crippen LogP contribution in [-0.4, -0.2) is 34.7 Å². The lowest BCUT2D eigenvalue weighted by Gasteiger charge is -2.34. The number of hydrogen-bond donors (Lipinski definition) is 1. The van der Waals surface area contributed by atoms with Gasteiger partial charge in [0.2, 0.25) is 0 Å². The van der Waals surface area contributed by atoms with Gasteiger partial charge < -0.3 is 19.5 Å². The van der Waals surface area contributed by atoms with Gasteiger partial charge in [0.1, 0.15) is 17.7 Å². The lowest BCUT2D eigenvalue weighted by atomic mass is 10.1. The number of fused-ring (bicyclic) bond motifs is 2. The van der Waals surface area contributed by atoms with Crippen LogP contribution in [0.1, 0.15) is 34.5 Å². The highest BCUT2D eigenvalue weighted by Crippen LogP contribution is 2.28. The van der Waals surface area contributed by atoms with Gasteiger partial charge in [-0.1, -0.05) is 0 Å². The van der Waals surface area contributed by atoms with E-state index in [1.165, 1.54) is 10.9 Å². The monoisotopic (exact) mass is 376 g/mol. The molecule has 1 amide bonds. The summed E-state index contributed by atoms with van der Waals surface area (Å²) in [6.45, 7) is 4.38. The van der Waals surface area contributed by atoms with Gasteiger partial charge in [-0.05, 0) is 42.8 Å². The molecule has 2 aliphatic rings. The van der Waals surface area contributed by atoms with Gasteiger partial charge in [0, 0.05) is 50.1 Å². The molecule has 6 nitrogen and oxygen atoms in total. The number of piperidine rings is 1. The standard InChI is InChI=1S/C22H24N4O2/c1-14-11-18-19(13-23-22(18)27)24-21(14)26-9-6-16(7-10-26)28-17-3-4-20-15(12-17)5-8-25(20)2/h3-5,8,11-12,16H,6-7,9-10,13H2,1-2H3,(H,23,27). The van der Waals surface area contributed by atoms with Crippen molar-refractivity contribution in [1.29, 1.82) is 0 Å². The van der Waals surface area contributed by atoms with Crippen molar-refractivity contribution in [3.63, 3.8) is 0 Å². The van der Waals surface area contributed by atoms with Crippen LogP contribution in [0.15, 0.2) is 36.5 Å².